The molecular weight excluding hydrogens is 667 g/mol. The molecule has 3 nitrogen and oxygen atoms in total. The van der Waals surface area contributed by atoms with Crippen LogP contribution in [0.1, 0.15) is 68.2 Å². The fraction of sp³-hybridized carbons (Fsp3) is 0.265. The number of nitrogens with zero attached hydrogens (tertiary/aromatic N) is 1. The predicted octanol–water partition coefficient (Wildman–Crippen LogP) is 12.0. The highest BCUT2D eigenvalue weighted by molar-refractivity contribution is 7.91. The number of sulfone groups is 1. The van der Waals surface area contributed by atoms with Crippen molar-refractivity contribution < 1.29 is 8.42 Å². The molecule has 53 heavy (non-hydrogen) atoms. The van der Waals surface area contributed by atoms with E-state index in [1.165, 1.54) is 54.4 Å². The zero-order valence-electron chi connectivity index (χ0n) is 30.3. The summed E-state index contributed by atoms with van der Waals surface area (Å²) in [6, 6.07) is 49.2. The summed E-state index contributed by atoms with van der Waals surface area (Å²) in [7, 11) is -3.78. The number of benzene rings is 6. The summed E-state index contributed by atoms with van der Waals surface area (Å²) >= 11 is 0. The van der Waals surface area contributed by atoms with Crippen LogP contribution in [0.3, 0.4) is 0 Å². The van der Waals surface area contributed by atoms with Gasteiger partial charge in [-0.15, -0.1) is 0 Å². The quantitative estimate of drug-likeness (QED) is 0.183. The SMILES string of the molecule is CC1(C)c2ccccc2-c2ccc(N(c3ccc4c(c3)S(=O)(=O)c3ccccc3C43[C@H]4C[C@H]5C[C@H](C[C@H]3C5)C4)c3ccccc3-c3ccccc3)cc21. The van der Waals surface area contributed by atoms with Gasteiger partial charge in [-0.1, -0.05) is 117 Å². The molecule has 0 radical (unpaired) electrons. The molecule has 1 heterocycles. The van der Waals surface area contributed by atoms with Crippen molar-refractivity contribution in [2.24, 2.45) is 23.7 Å². The van der Waals surface area contributed by atoms with Crippen LogP contribution in [0.15, 0.2) is 149 Å². The van der Waals surface area contributed by atoms with Gasteiger partial charge >= 0.3 is 0 Å². The average molecular weight is 710 g/mol. The Labute approximate surface area is 313 Å². The number of fused-ring (bicyclic) bond motifs is 5. The average Bonchev–Trinajstić information content (AvgIpc) is 3.41. The van der Waals surface area contributed by atoms with E-state index in [4.69, 9.17) is 0 Å². The van der Waals surface area contributed by atoms with Gasteiger partial charge in [-0.2, -0.15) is 0 Å². The molecule has 4 bridgehead atoms. The zero-order valence-corrected chi connectivity index (χ0v) is 31.1. The van der Waals surface area contributed by atoms with E-state index in [0.29, 0.717) is 21.6 Å². The van der Waals surface area contributed by atoms with Crippen molar-refractivity contribution in [1.29, 1.82) is 0 Å². The smallest absolute Gasteiger partial charge is 0.207 e. The van der Waals surface area contributed by atoms with Gasteiger partial charge < -0.3 is 4.90 Å². The molecule has 1 aliphatic heterocycles. The van der Waals surface area contributed by atoms with Crippen molar-refractivity contribution in [3.8, 4) is 22.3 Å². The highest BCUT2D eigenvalue weighted by Crippen LogP contribution is 2.68. The Bertz CT molecular complexity index is 2560. The lowest BCUT2D eigenvalue weighted by molar-refractivity contribution is -0.0446. The van der Waals surface area contributed by atoms with Gasteiger partial charge in [0.25, 0.3) is 0 Å². The number of hydrogen-bond donors (Lipinski definition) is 0. The Kier molecular flexibility index (Phi) is 6.59. The topological polar surface area (TPSA) is 37.4 Å². The number of para-hydroxylation sites is 1. The Morgan fingerprint density at radius 1 is 0.509 bits per heavy atom. The van der Waals surface area contributed by atoms with Crippen LogP contribution in [0, 0.1) is 23.7 Å². The van der Waals surface area contributed by atoms with E-state index >= 15 is 0 Å². The van der Waals surface area contributed by atoms with Crippen LogP contribution in [-0.4, -0.2) is 8.42 Å². The minimum atomic E-state index is -3.78. The third-order valence-corrected chi connectivity index (χ3v) is 15.9. The van der Waals surface area contributed by atoms with E-state index in [-0.39, 0.29) is 10.8 Å². The summed E-state index contributed by atoms with van der Waals surface area (Å²) in [6.07, 6.45) is 6.16. The maximum atomic E-state index is 15.0. The Balaban J connectivity index is 1.16. The van der Waals surface area contributed by atoms with E-state index in [1.807, 2.05) is 18.2 Å². The van der Waals surface area contributed by atoms with Crippen LogP contribution >= 0.6 is 0 Å². The molecule has 4 fully saturated rings. The molecule has 6 aromatic rings. The van der Waals surface area contributed by atoms with Gasteiger partial charge in [0.2, 0.25) is 9.84 Å². The number of hydrogen-bond acceptors (Lipinski definition) is 3. The third kappa shape index (κ3) is 4.25. The molecule has 0 saturated heterocycles. The lowest BCUT2D eigenvalue weighted by Crippen LogP contribution is -2.57. The largest absolute Gasteiger partial charge is 0.310 e. The van der Waals surface area contributed by atoms with Crippen molar-refractivity contribution in [1.82, 2.24) is 0 Å². The van der Waals surface area contributed by atoms with Crippen molar-refractivity contribution in [3.05, 3.63) is 162 Å². The molecule has 6 aliphatic rings. The van der Waals surface area contributed by atoms with Gasteiger partial charge in [-0.25, -0.2) is 8.42 Å². The zero-order chi connectivity index (χ0) is 35.7. The van der Waals surface area contributed by atoms with E-state index in [1.54, 1.807) is 0 Å². The summed E-state index contributed by atoms with van der Waals surface area (Å²) in [5, 5.41) is 0. The minimum Gasteiger partial charge on any atom is -0.310 e. The summed E-state index contributed by atoms with van der Waals surface area (Å²) in [5.41, 5.74) is 11.9. The van der Waals surface area contributed by atoms with E-state index in [9.17, 15) is 8.42 Å². The monoisotopic (exact) mass is 709 g/mol. The van der Waals surface area contributed by atoms with Crippen molar-refractivity contribution in [2.45, 2.75) is 66.6 Å². The molecule has 0 unspecified atom stereocenters. The lowest BCUT2D eigenvalue weighted by atomic mass is 9.42. The summed E-state index contributed by atoms with van der Waals surface area (Å²) < 4.78 is 30.0. The minimum absolute atomic E-state index is 0.179. The molecular formula is C49H43NO2S. The van der Waals surface area contributed by atoms with E-state index in [2.05, 4.69) is 140 Å². The standard InChI is InChI=1S/C49H43NO2S/c1-48(2)41-16-8-6-15-39(41)40-22-20-36(29-44(40)48)50(45-18-10-7-14-38(45)33-12-4-3-5-13-33)37-21-23-43-47(30-37)53(51,52)46-19-11-9-17-42(46)49(43)34-25-31-24-32(27-34)28-35(49)26-31/h3-23,29-32,34-35H,24-28H2,1-2H3/t31-,32+,34+,35-,49?. The molecule has 262 valence electrons. The number of anilines is 3. The molecule has 4 heteroatoms. The Morgan fingerprint density at radius 2 is 1.08 bits per heavy atom. The summed E-state index contributed by atoms with van der Waals surface area (Å²) in [6.45, 7) is 4.63. The molecule has 0 N–H and O–H groups in total. The molecule has 0 aromatic heterocycles. The van der Waals surface area contributed by atoms with E-state index in [0.717, 1.165) is 51.2 Å². The van der Waals surface area contributed by atoms with Gasteiger partial charge in [0.15, 0.2) is 0 Å². The molecule has 12 rings (SSSR count). The molecule has 4 saturated carbocycles. The van der Waals surface area contributed by atoms with Gasteiger partial charge in [-0.3, -0.25) is 0 Å². The first-order valence-electron chi connectivity index (χ1n) is 19.4. The van der Waals surface area contributed by atoms with Gasteiger partial charge in [-0.05, 0) is 131 Å². The highest BCUT2D eigenvalue weighted by atomic mass is 32.2. The number of rotatable bonds is 4. The van der Waals surface area contributed by atoms with Crippen LogP contribution in [0.5, 0.6) is 0 Å². The second-order valence-electron chi connectivity index (χ2n) is 17.0. The summed E-state index contributed by atoms with van der Waals surface area (Å²) in [5.74, 6) is 2.49. The fourth-order valence-electron chi connectivity index (χ4n) is 12.1. The van der Waals surface area contributed by atoms with Crippen molar-refractivity contribution in [3.63, 3.8) is 0 Å². The van der Waals surface area contributed by atoms with Crippen LogP contribution in [-0.2, 0) is 20.7 Å². The molecule has 0 atom stereocenters. The second kappa shape index (κ2) is 11.1. The highest BCUT2D eigenvalue weighted by Gasteiger charge is 2.62. The maximum Gasteiger partial charge on any atom is 0.207 e. The van der Waals surface area contributed by atoms with Crippen molar-refractivity contribution >= 4 is 26.9 Å². The van der Waals surface area contributed by atoms with Crippen LogP contribution < -0.4 is 4.90 Å². The van der Waals surface area contributed by atoms with Gasteiger partial charge in [0.1, 0.15) is 0 Å². The molecule has 6 aromatic carbocycles. The second-order valence-corrected chi connectivity index (χ2v) is 18.9. The maximum absolute atomic E-state index is 15.0. The van der Waals surface area contributed by atoms with E-state index < -0.39 is 9.84 Å². The predicted molar refractivity (Wildman–Crippen MR) is 214 cm³/mol. The first kappa shape index (κ1) is 31.6. The molecule has 0 amide bonds. The first-order valence-corrected chi connectivity index (χ1v) is 20.9. The van der Waals surface area contributed by atoms with Crippen LogP contribution in [0.25, 0.3) is 22.3 Å². The van der Waals surface area contributed by atoms with Crippen molar-refractivity contribution in [2.75, 3.05) is 4.90 Å². The summed E-state index contributed by atoms with van der Waals surface area (Å²) in [4.78, 5) is 3.32. The van der Waals surface area contributed by atoms with Crippen LogP contribution in [0.4, 0.5) is 17.1 Å². The Morgan fingerprint density at radius 3 is 1.83 bits per heavy atom. The Hall–Kier alpha value is -4.93. The van der Waals surface area contributed by atoms with Gasteiger partial charge in [0, 0.05) is 27.8 Å². The third-order valence-electron chi connectivity index (χ3n) is 14.1. The normalized spacial score (nSPS) is 26.1. The fourth-order valence-corrected chi connectivity index (χ4v) is 13.9. The molecule has 1 spiro atoms. The lowest BCUT2D eigenvalue weighted by Gasteiger charge is -2.63. The van der Waals surface area contributed by atoms with Crippen LogP contribution in [0.2, 0.25) is 0 Å². The van der Waals surface area contributed by atoms with Gasteiger partial charge in [0.05, 0.1) is 15.5 Å². The first-order chi connectivity index (χ1) is 25.8. The molecule has 5 aliphatic carbocycles.